The van der Waals surface area contributed by atoms with E-state index in [1.165, 1.54) is 0 Å². The molecule has 0 heterocycles. The average molecular weight is 321 g/mol. The maximum absolute atomic E-state index is 10.2. The van der Waals surface area contributed by atoms with Gasteiger partial charge in [0.05, 0.1) is 0 Å². The second kappa shape index (κ2) is 12.4. The van der Waals surface area contributed by atoms with Crippen molar-refractivity contribution in [3.8, 4) is 0 Å². The van der Waals surface area contributed by atoms with E-state index in [0.29, 0.717) is 0 Å². The summed E-state index contributed by atoms with van der Waals surface area (Å²) >= 11 is 0. The van der Waals surface area contributed by atoms with Crippen molar-refractivity contribution in [2.45, 2.75) is 52.6 Å². The Bertz CT molecular complexity index is 238. The summed E-state index contributed by atoms with van der Waals surface area (Å²) in [4.78, 5) is 20.3. The molecule has 0 bridgehead atoms. The first kappa shape index (κ1) is 23.5. The molecule has 1 radical (unpaired) electrons. The molecule has 0 fully saturated rings. The van der Waals surface area contributed by atoms with E-state index in [0.717, 1.165) is 12.8 Å². The summed E-state index contributed by atoms with van der Waals surface area (Å²) in [7, 11) is 0. The maximum Gasteiger partial charge on any atom is 0.320 e. The van der Waals surface area contributed by atoms with Crippen LogP contribution in [-0.4, -0.2) is 34.2 Å². The maximum atomic E-state index is 10.2. The van der Waals surface area contributed by atoms with Gasteiger partial charge in [-0.3, -0.25) is 9.59 Å². The molecule has 7 heteroatoms. The zero-order chi connectivity index (χ0) is 14.9. The van der Waals surface area contributed by atoms with Gasteiger partial charge >= 0.3 is 11.9 Å². The van der Waals surface area contributed by atoms with Gasteiger partial charge in [-0.05, 0) is 11.8 Å². The SMILES string of the molecule is CC[C@H](C)[C@H](N)C(=O)O.CC[C@H](C)[C@H](N)C(=O)O.[Co]. The molecule has 0 aliphatic carbocycles. The monoisotopic (exact) mass is 321 g/mol. The van der Waals surface area contributed by atoms with Crippen molar-refractivity contribution in [3.63, 3.8) is 0 Å². The third-order valence-corrected chi connectivity index (χ3v) is 3.08. The molecular formula is C12H26CoN2O4. The molecule has 6 nitrogen and oxygen atoms in total. The zero-order valence-corrected chi connectivity index (χ0v) is 13.0. The van der Waals surface area contributed by atoms with Crippen LogP contribution in [0.5, 0.6) is 0 Å². The van der Waals surface area contributed by atoms with Crippen molar-refractivity contribution < 1.29 is 36.6 Å². The Morgan fingerprint density at radius 3 is 1.16 bits per heavy atom. The Balaban J connectivity index is -0.000000256. The molecule has 0 amide bonds. The van der Waals surface area contributed by atoms with Crippen LogP contribution in [0.2, 0.25) is 0 Å². The fraction of sp³-hybridized carbons (Fsp3) is 0.833. The van der Waals surface area contributed by atoms with Gasteiger partial charge in [0.15, 0.2) is 0 Å². The van der Waals surface area contributed by atoms with E-state index in [2.05, 4.69) is 0 Å². The molecule has 4 atom stereocenters. The average Bonchev–Trinajstić information content (AvgIpc) is 2.35. The van der Waals surface area contributed by atoms with E-state index in [4.69, 9.17) is 21.7 Å². The number of hydrogen-bond donors (Lipinski definition) is 4. The molecule has 117 valence electrons. The molecule has 0 rings (SSSR count). The van der Waals surface area contributed by atoms with E-state index in [-0.39, 0.29) is 28.6 Å². The predicted molar refractivity (Wildman–Crippen MR) is 70.1 cm³/mol. The van der Waals surface area contributed by atoms with Gasteiger partial charge in [-0.25, -0.2) is 0 Å². The molecule has 0 aromatic rings. The van der Waals surface area contributed by atoms with Crippen LogP contribution in [0.4, 0.5) is 0 Å². The fourth-order valence-electron chi connectivity index (χ4n) is 0.995. The van der Waals surface area contributed by atoms with Gasteiger partial charge in [-0.1, -0.05) is 40.5 Å². The van der Waals surface area contributed by atoms with Gasteiger partial charge in [0.25, 0.3) is 0 Å². The molecule has 0 spiro atoms. The first-order valence-corrected chi connectivity index (χ1v) is 6.15. The molecule has 0 unspecified atom stereocenters. The topological polar surface area (TPSA) is 127 Å². The van der Waals surface area contributed by atoms with Gasteiger partial charge in [0.2, 0.25) is 0 Å². The number of hydrogen-bond acceptors (Lipinski definition) is 4. The van der Waals surface area contributed by atoms with Gasteiger partial charge in [0, 0.05) is 16.8 Å². The van der Waals surface area contributed by atoms with Crippen molar-refractivity contribution in [2.24, 2.45) is 23.3 Å². The Kier molecular flexibility index (Phi) is 15.3. The Morgan fingerprint density at radius 2 is 1.11 bits per heavy atom. The minimum absolute atomic E-state index is 0. The first-order chi connectivity index (χ1) is 8.18. The van der Waals surface area contributed by atoms with Crippen molar-refractivity contribution >= 4 is 11.9 Å². The van der Waals surface area contributed by atoms with Crippen molar-refractivity contribution in [3.05, 3.63) is 0 Å². The Morgan fingerprint density at radius 1 is 0.895 bits per heavy atom. The van der Waals surface area contributed by atoms with Gasteiger partial charge in [0.1, 0.15) is 12.1 Å². The first-order valence-electron chi connectivity index (χ1n) is 6.15. The fourth-order valence-corrected chi connectivity index (χ4v) is 0.995. The van der Waals surface area contributed by atoms with Gasteiger partial charge < -0.3 is 21.7 Å². The number of carbonyl (C=O) groups is 2. The minimum atomic E-state index is -0.913. The number of rotatable bonds is 6. The van der Waals surface area contributed by atoms with Crippen molar-refractivity contribution in [1.82, 2.24) is 0 Å². The molecule has 0 aliphatic rings. The summed E-state index contributed by atoms with van der Waals surface area (Å²) in [5.41, 5.74) is 10.5. The molecule has 0 saturated carbocycles. The summed E-state index contributed by atoms with van der Waals surface area (Å²) in [5.74, 6) is -1.68. The van der Waals surface area contributed by atoms with Crippen LogP contribution >= 0.6 is 0 Å². The van der Waals surface area contributed by atoms with Gasteiger partial charge in [-0.15, -0.1) is 0 Å². The summed E-state index contributed by atoms with van der Waals surface area (Å²) in [6.45, 7) is 7.51. The van der Waals surface area contributed by atoms with E-state index in [9.17, 15) is 9.59 Å². The van der Waals surface area contributed by atoms with Crippen molar-refractivity contribution in [2.75, 3.05) is 0 Å². The summed E-state index contributed by atoms with van der Waals surface area (Å²) in [6.07, 6.45) is 1.63. The van der Waals surface area contributed by atoms with Crippen molar-refractivity contribution in [1.29, 1.82) is 0 Å². The largest absolute Gasteiger partial charge is 0.480 e. The van der Waals surface area contributed by atoms with Crippen LogP contribution in [0, 0.1) is 11.8 Å². The quantitative estimate of drug-likeness (QED) is 0.575. The number of nitrogens with two attached hydrogens (primary N) is 2. The Hall–Kier alpha value is -0.634. The van der Waals surface area contributed by atoms with Crippen LogP contribution < -0.4 is 11.5 Å². The van der Waals surface area contributed by atoms with E-state index in [1.54, 1.807) is 0 Å². The smallest absolute Gasteiger partial charge is 0.320 e. The summed E-state index contributed by atoms with van der Waals surface area (Å²) < 4.78 is 0. The Labute approximate surface area is 125 Å². The minimum Gasteiger partial charge on any atom is -0.480 e. The standard InChI is InChI=1S/2C6H13NO2.Co/c2*1-3-4(2)5(7)6(8)9;/h2*4-5H,3,7H2,1-2H3,(H,8,9);/t2*4-,5-;/m00./s1. The normalized spacial score (nSPS) is 15.9. The third-order valence-electron chi connectivity index (χ3n) is 3.08. The number of carboxylic acids is 2. The molecule has 0 aromatic heterocycles. The number of carboxylic acid groups (broad SMARTS) is 2. The molecule has 19 heavy (non-hydrogen) atoms. The van der Waals surface area contributed by atoms with E-state index < -0.39 is 24.0 Å². The second-order valence-electron chi connectivity index (χ2n) is 4.50. The molecule has 0 aliphatic heterocycles. The summed E-state index contributed by atoms with van der Waals surface area (Å²) in [6, 6.07) is -1.40. The molecule has 0 aromatic carbocycles. The number of aliphatic carboxylic acids is 2. The zero-order valence-electron chi connectivity index (χ0n) is 11.9. The van der Waals surface area contributed by atoms with E-state index in [1.807, 2.05) is 27.7 Å². The van der Waals surface area contributed by atoms with Crippen LogP contribution in [-0.2, 0) is 26.4 Å². The van der Waals surface area contributed by atoms with Crippen LogP contribution in [0.25, 0.3) is 0 Å². The molecule has 0 saturated heterocycles. The predicted octanol–water partition coefficient (Wildman–Crippen LogP) is 0.886. The van der Waals surface area contributed by atoms with Crippen LogP contribution in [0.15, 0.2) is 0 Å². The second-order valence-corrected chi connectivity index (χ2v) is 4.50. The summed E-state index contributed by atoms with van der Waals surface area (Å²) in [5, 5.41) is 16.7. The van der Waals surface area contributed by atoms with E-state index >= 15 is 0 Å². The molecular weight excluding hydrogens is 295 g/mol. The molecule has 6 N–H and O–H groups in total. The third kappa shape index (κ3) is 10.9. The van der Waals surface area contributed by atoms with Crippen LogP contribution in [0.3, 0.4) is 0 Å². The van der Waals surface area contributed by atoms with Crippen LogP contribution in [0.1, 0.15) is 40.5 Å². The van der Waals surface area contributed by atoms with Gasteiger partial charge in [-0.2, -0.15) is 0 Å².